The molecular formula is C48H86N2O6P+. The topological polar surface area (TPSA) is 105 Å². The van der Waals surface area contributed by atoms with Crippen LogP contribution in [-0.4, -0.2) is 73.4 Å². The van der Waals surface area contributed by atoms with E-state index in [9.17, 15) is 19.4 Å². The molecule has 0 saturated heterocycles. The number of rotatable bonds is 39. The van der Waals surface area contributed by atoms with Crippen molar-refractivity contribution >= 4 is 13.7 Å². The van der Waals surface area contributed by atoms with E-state index in [4.69, 9.17) is 9.05 Å². The van der Waals surface area contributed by atoms with Crippen LogP contribution in [0.15, 0.2) is 85.1 Å². The molecule has 3 atom stereocenters. The number of unbranched alkanes of at least 4 members (excludes halogenated alkanes) is 14. The van der Waals surface area contributed by atoms with Crippen LogP contribution in [0.2, 0.25) is 0 Å². The minimum Gasteiger partial charge on any atom is -0.387 e. The fourth-order valence-corrected chi connectivity index (χ4v) is 6.52. The summed E-state index contributed by atoms with van der Waals surface area (Å²) < 4.78 is 23.5. The molecule has 0 aliphatic heterocycles. The van der Waals surface area contributed by atoms with E-state index in [1.807, 2.05) is 39.4 Å². The molecule has 0 heterocycles. The predicted octanol–water partition coefficient (Wildman–Crippen LogP) is 12.6. The van der Waals surface area contributed by atoms with Gasteiger partial charge in [-0.05, 0) is 70.6 Å². The molecule has 1 amide bonds. The smallest absolute Gasteiger partial charge is 0.387 e. The first kappa shape index (κ1) is 54.7. The lowest BCUT2D eigenvalue weighted by Gasteiger charge is -2.25. The third-order valence-corrected chi connectivity index (χ3v) is 10.3. The molecule has 0 bridgehead atoms. The zero-order valence-electron chi connectivity index (χ0n) is 37.0. The lowest BCUT2D eigenvalue weighted by atomic mass is 10.0. The fraction of sp³-hybridized carbons (Fsp3) is 0.688. The van der Waals surface area contributed by atoms with Crippen LogP contribution in [0.1, 0.15) is 162 Å². The van der Waals surface area contributed by atoms with Gasteiger partial charge in [0, 0.05) is 6.42 Å². The maximum absolute atomic E-state index is 12.8. The first-order valence-corrected chi connectivity index (χ1v) is 24.0. The molecule has 0 spiro atoms. The highest BCUT2D eigenvalue weighted by atomic mass is 31.2. The van der Waals surface area contributed by atoms with Gasteiger partial charge in [-0.1, -0.05) is 170 Å². The van der Waals surface area contributed by atoms with Gasteiger partial charge in [0.15, 0.2) is 0 Å². The lowest BCUT2D eigenvalue weighted by molar-refractivity contribution is -0.870. The average Bonchev–Trinajstić information content (AvgIpc) is 3.16. The quantitative estimate of drug-likeness (QED) is 0.0247. The third kappa shape index (κ3) is 41.6. The second kappa shape index (κ2) is 39.2. The summed E-state index contributed by atoms with van der Waals surface area (Å²) >= 11 is 0. The molecule has 9 heteroatoms. The van der Waals surface area contributed by atoms with Gasteiger partial charge >= 0.3 is 7.82 Å². The number of phosphoric acid groups is 1. The van der Waals surface area contributed by atoms with Gasteiger partial charge in [-0.3, -0.25) is 13.8 Å². The number of hydrogen-bond acceptors (Lipinski definition) is 5. The standard InChI is InChI=1S/C48H85N2O6P/c1-6-8-10-12-14-16-18-20-21-22-23-24-25-26-27-28-30-31-33-35-37-39-41-47(51)46(45-56-57(53,54)55-44-43-50(3,4)5)49-48(52)42-40-38-36-34-32-29-19-17-15-13-11-9-7-2/h9,11,15,17,26-27,29,31-33,36,38-39,41,46-47,51H,6-8,10,12-14,16,18-25,28,30,34-35,37,40,42-45H2,1-5H3,(H-,49,52,53,54)/p+1/b11-9-,17-15-,27-26+,32-29-,33-31+,38-36-,41-39+. The summed E-state index contributed by atoms with van der Waals surface area (Å²) in [5, 5.41) is 13.7. The van der Waals surface area contributed by atoms with Gasteiger partial charge in [0.1, 0.15) is 13.2 Å². The molecule has 0 aromatic carbocycles. The Labute approximate surface area is 350 Å². The van der Waals surface area contributed by atoms with Gasteiger partial charge in [0.25, 0.3) is 0 Å². The molecule has 3 N–H and O–H groups in total. The third-order valence-electron chi connectivity index (χ3n) is 9.34. The number of likely N-dealkylation sites (N-methyl/N-ethyl adjacent to an activating group) is 1. The molecular weight excluding hydrogens is 732 g/mol. The Morgan fingerprint density at radius 3 is 1.60 bits per heavy atom. The Kier molecular flexibility index (Phi) is 37.6. The molecule has 8 nitrogen and oxygen atoms in total. The number of carbonyl (C=O) groups is 1. The van der Waals surface area contributed by atoms with E-state index in [0.29, 0.717) is 17.4 Å². The highest BCUT2D eigenvalue weighted by Crippen LogP contribution is 2.43. The summed E-state index contributed by atoms with van der Waals surface area (Å²) in [6.45, 7) is 4.59. The Morgan fingerprint density at radius 2 is 1.07 bits per heavy atom. The van der Waals surface area contributed by atoms with E-state index < -0.39 is 20.0 Å². The van der Waals surface area contributed by atoms with Crippen molar-refractivity contribution in [3.63, 3.8) is 0 Å². The zero-order chi connectivity index (χ0) is 42.1. The normalized spacial score (nSPS) is 15.1. The van der Waals surface area contributed by atoms with Gasteiger partial charge in [0.2, 0.25) is 5.91 Å². The van der Waals surface area contributed by atoms with E-state index in [2.05, 4.69) is 79.9 Å². The molecule has 0 radical (unpaired) electrons. The van der Waals surface area contributed by atoms with Crippen LogP contribution in [0.25, 0.3) is 0 Å². The Morgan fingerprint density at radius 1 is 0.614 bits per heavy atom. The molecule has 0 rings (SSSR count). The lowest BCUT2D eigenvalue weighted by Crippen LogP contribution is -2.45. The minimum absolute atomic E-state index is 0.0366. The van der Waals surface area contributed by atoms with Crippen molar-refractivity contribution in [1.82, 2.24) is 5.32 Å². The van der Waals surface area contributed by atoms with Crippen molar-refractivity contribution in [1.29, 1.82) is 0 Å². The Balaban J connectivity index is 4.55. The number of aliphatic hydroxyl groups excluding tert-OH is 1. The number of nitrogens with zero attached hydrogens (tertiary/aromatic N) is 1. The van der Waals surface area contributed by atoms with Crippen LogP contribution >= 0.6 is 7.82 Å². The molecule has 0 fully saturated rings. The van der Waals surface area contributed by atoms with Crippen LogP contribution in [0.3, 0.4) is 0 Å². The number of allylic oxidation sites excluding steroid dienone is 13. The van der Waals surface area contributed by atoms with E-state index in [0.717, 1.165) is 51.4 Å². The summed E-state index contributed by atoms with van der Waals surface area (Å²) in [6.07, 6.45) is 54.0. The van der Waals surface area contributed by atoms with Gasteiger partial charge in [-0.2, -0.15) is 0 Å². The fourth-order valence-electron chi connectivity index (χ4n) is 5.79. The molecule has 0 aliphatic carbocycles. The second-order valence-corrected chi connectivity index (χ2v) is 17.5. The number of hydrogen-bond donors (Lipinski definition) is 3. The van der Waals surface area contributed by atoms with Gasteiger partial charge in [-0.25, -0.2) is 4.57 Å². The zero-order valence-corrected chi connectivity index (χ0v) is 37.9. The molecule has 57 heavy (non-hydrogen) atoms. The van der Waals surface area contributed by atoms with E-state index in [1.165, 1.54) is 83.5 Å². The first-order valence-electron chi connectivity index (χ1n) is 22.5. The summed E-state index contributed by atoms with van der Waals surface area (Å²) in [7, 11) is 1.49. The number of amides is 1. The highest BCUT2D eigenvalue weighted by molar-refractivity contribution is 7.47. The molecule has 0 saturated carbocycles. The van der Waals surface area contributed by atoms with Gasteiger partial charge < -0.3 is 19.8 Å². The highest BCUT2D eigenvalue weighted by Gasteiger charge is 2.27. The number of quaternary nitrogens is 1. The summed E-state index contributed by atoms with van der Waals surface area (Å²) in [4.78, 5) is 23.0. The van der Waals surface area contributed by atoms with Crippen LogP contribution in [0, 0.1) is 0 Å². The Bertz CT molecular complexity index is 1200. The molecule has 328 valence electrons. The van der Waals surface area contributed by atoms with E-state index in [1.54, 1.807) is 6.08 Å². The largest absolute Gasteiger partial charge is 0.472 e. The van der Waals surface area contributed by atoms with Crippen LogP contribution in [0.4, 0.5) is 0 Å². The van der Waals surface area contributed by atoms with Crippen molar-refractivity contribution < 1.29 is 32.9 Å². The average molecular weight is 818 g/mol. The molecule has 3 unspecified atom stereocenters. The number of phosphoric ester groups is 1. The number of aliphatic hydroxyl groups is 1. The summed E-state index contributed by atoms with van der Waals surface area (Å²) in [6, 6.07) is -0.911. The van der Waals surface area contributed by atoms with Crippen LogP contribution < -0.4 is 5.32 Å². The van der Waals surface area contributed by atoms with Crippen LogP contribution in [0.5, 0.6) is 0 Å². The number of nitrogens with one attached hydrogen (secondary N) is 1. The van der Waals surface area contributed by atoms with Crippen molar-refractivity contribution in [3.05, 3.63) is 85.1 Å². The van der Waals surface area contributed by atoms with Crippen molar-refractivity contribution in [3.8, 4) is 0 Å². The first-order chi connectivity index (χ1) is 27.5. The van der Waals surface area contributed by atoms with Gasteiger partial charge in [-0.15, -0.1) is 0 Å². The number of carbonyl (C=O) groups excluding carboxylic acids is 1. The minimum atomic E-state index is -4.37. The van der Waals surface area contributed by atoms with Crippen molar-refractivity contribution in [2.75, 3.05) is 40.9 Å². The summed E-state index contributed by atoms with van der Waals surface area (Å²) in [5.41, 5.74) is 0. The van der Waals surface area contributed by atoms with E-state index >= 15 is 0 Å². The van der Waals surface area contributed by atoms with Gasteiger partial charge in [0.05, 0.1) is 39.9 Å². The maximum atomic E-state index is 12.8. The molecule has 0 aliphatic rings. The molecule has 0 aromatic rings. The Hall–Kier alpha value is -2.32. The monoisotopic (exact) mass is 818 g/mol. The van der Waals surface area contributed by atoms with Crippen molar-refractivity contribution in [2.45, 2.75) is 174 Å². The predicted molar refractivity (Wildman–Crippen MR) is 244 cm³/mol. The summed E-state index contributed by atoms with van der Waals surface area (Å²) in [5.74, 6) is -0.275. The maximum Gasteiger partial charge on any atom is 0.472 e. The van der Waals surface area contributed by atoms with E-state index in [-0.39, 0.29) is 25.5 Å². The second-order valence-electron chi connectivity index (χ2n) is 16.0. The molecule has 0 aromatic heterocycles. The van der Waals surface area contributed by atoms with Crippen molar-refractivity contribution in [2.24, 2.45) is 0 Å². The SMILES string of the molecule is CC/C=C\C/C=C\C/C=C\C/C=C\CCC(=O)NC(COP(=O)(O)OCC[N+](C)(C)C)C(O)/C=C/CC/C=C/CC/C=C/CCCCCCCCCCCCCC. The van der Waals surface area contributed by atoms with Crippen LogP contribution in [-0.2, 0) is 18.4 Å².